The molecule has 1 atom stereocenters. The Morgan fingerprint density at radius 1 is 1.50 bits per heavy atom. The molecule has 0 unspecified atom stereocenters. The highest BCUT2D eigenvalue weighted by Crippen LogP contribution is 2.39. The van der Waals surface area contributed by atoms with Gasteiger partial charge in [-0.1, -0.05) is 6.92 Å². The molecule has 0 radical (unpaired) electrons. The summed E-state index contributed by atoms with van der Waals surface area (Å²) >= 11 is 1.44. The number of nitrogens with zero attached hydrogens (tertiary/aromatic N) is 3. The number of nitrogens with two attached hydrogens (primary N) is 1. The fraction of sp³-hybridized carbons (Fsp3) is 0.500. The second kappa shape index (κ2) is 8.09. The van der Waals surface area contributed by atoms with Crippen LogP contribution in [0.4, 0.5) is 10.8 Å². The lowest BCUT2D eigenvalue weighted by Gasteiger charge is -2.18. The summed E-state index contributed by atoms with van der Waals surface area (Å²) in [5.41, 5.74) is 7.65. The summed E-state index contributed by atoms with van der Waals surface area (Å²) in [5, 5.41) is 18.0. The van der Waals surface area contributed by atoms with Crippen LogP contribution in [0.3, 0.4) is 0 Å². The van der Waals surface area contributed by atoms with Crippen molar-refractivity contribution in [3.05, 3.63) is 37.9 Å². The van der Waals surface area contributed by atoms with Crippen LogP contribution in [0, 0.1) is 23.0 Å². The van der Waals surface area contributed by atoms with Crippen molar-refractivity contribution in [2.45, 2.75) is 52.5 Å². The third-order valence-corrected chi connectivity index (χ3v) is 6.11. The zero-order chi connectivity index (χ0) is 20.4. The van der Waals surface area contributed by atoms with Crippen molar-refractivity contribution in [1.82, 2.24) is 9.78 Å². The molecule has 2 heterocycles. The van der Waals surface area contributed by atoms with E-state index in [1.807, 2.05) is 0 Å². The number of hydrogen-bond acceptors (Lipinski definition) is 6. The molecule has 2 aromatic heterocycles. The van der Waals surface area contributed by atoms with E-state index in [-0.39, 0.29) is 18.1 Å². The molecule has 28 heavy (non-hydrogen) atoms. The number of nitrogens with one attached hydrogen (secondary N) is 1. The van der Waals surface area contributed by atoms with Crippen molar-refractivity contribution >= 4 is 34.0 Å². The summed E-state index contributed by atoms with van der Waals surface area (Å²) in [6, 6.07) is 1.40. The Bertz CT molecular complexity index is 933. The van der Waals surface area contributed by atoms with E-state index in [0.717, 1.165) is 29.7 Å². The maximum atomic E-state index is 12.4. The van der Waals surface area contributed by atoms with Crippen LogP contribution in [-0.4, -0.2) is 26.5 Å². The maximum Gasteiger partial charge on any atom is 0.390 e. The van der Waals surface area contributed by atoms with Crippen LogP contribution in [0.5, 0.6) is 0 Å². The first kappa shape index (κ1) is 20.0. The molecule has 0 spiro atoms. The van der Waals surface area contributed by atoms with E-state index < -0.39 is 10.8 Å². The Morgan fingerprint density at radius 2 is 2.25 bits per heavy atom. The molecule has 9 nitrogen and oxygen atoms in total. The Hall–Kier alpha value is -2.75. The predicted molar refractivity (Wildman–Crippen MR) is 106 cm³/mol. The molecule has 3 rings (SSSR count). The average molecular weight is 405 g/mol. The fourth-order valence-corrected chi connectivity index (χ4v) is 4.92. The molecule has 1 aliphatic rings. The van der Waals surface area contributed by atoms with E-state index in [2.05, 4.69) is 17.3 Å². The Balaban J connectivity index is 1.62. The molecule has 0 bridgehead atoms. The van der Waals surface area contributed by atoms with Crippen LogP contribution in [0.25, 0.3) is 0 Å². The molecular formula is C18H23N5O4S. The van der Waals surface area contributed by atoms with Gasteiger partial charge < -0.3 is 21.2 Å². The van der Waals surface area contributed by atoms with E-state index in [9.17, 15) is 19.7 Å². The largest absolute Gasteiger partial charge is 0.390 e. The molecule has 0 fully saturated rings. The molecular weight excluding hydrogens is 382 g/mol. The summed E-state index contributed by atoms with van der Waals surface area (Å²) in [6.07, 6.45) is 3.39. The number of aryl methyl sites for hydroxylation is 2. The van der Waals surface area contributed by atoms with Crippen molar-refractivity contribution in [2.24, 2.45) is 11.7 Å². The average Bonchev–Trinajstić information content (AvgIpc) is 3.14. The molecule has 0 aromatic carbocycles. The van der Waals surface area contributed by atoms with Gasteiger partial charge in [0.25, 0.3) is 5.91 Å². The third kappa shape index (κ3) is 4.22. The number of carbonyl (C=O) groups excluding carboxylic acids is 2. The number of anilines is 1. The normalized spacial score (nSPS) is 15.9. The van der Waals surface area contributed by atoms with Crippen molar-refractivity contribution in [3.63, 3.8) is 0 Å². The van der Waals surface area contributed by atoms with Crippen LogP contribution < -0.4 is 11.1 Å². The number of rotatable bonds is 7. The van der Waals surface area contributed by atoms with Crippen molar-refractivity contribution in [1.29, 1.82) is 0 Å². The molecule has 1 aliphatic carbocycles. The number of primary amides is 1. The van der Waals surface area contributed by atoms with Crippen LogP contribution >= 0.6 is 11.3 Å². The van der Waals surface area contributed by atoms with Crippen molar-refractivity contribution in [2.75, 3.05) is 5.32 Å². The second-order valence-electron chi connectivity index (χ2n) is 7.20. The number of amides is 2. The van der Waals surface area contributed by atoms with Crippen molar-refractivity contribution in [3.8, 4) is 0 Å². The predicted octanol–water partition coefficient (Wildman–Crippen LogP) is 2.80. The standard InChI is InChI=1S/C18H23N5O4S/c1-10-5-6-12-13(8-10)28-18(16(12)17(19)25)20-15(24)4-3-7-22-11(2)9-14(21-22)23(26)27/h9-10H,3-8H2,1-2H3,(H2,19,25)(H,20,24)/t10-/m0/s1. The molecule has 2 aromatic rings. The van der Waals surface area contributed by atoms with Gasteiger partial charge in [-0.05, 0) is 49.0 Å². The number of hydrogen-bond donors (Lipinski definition) is 2. The van der Waals surface area contributed by atoms with Gasteiger partial charge in [-0.25, -0.2) is 0 Å². The summed E-state index contributed by atoms with van der Waals surface area (Å²) in [6.45, 7) is 4.30. The minimum Gasteiger partial charge on any atom is -0.365 e. The second-order valence-corrected chi connectivity index (χ2v) is 8.30. The lowest BCUT2D eigenvalue weighted by Crippen LogP contribution is -2.19. The smallest absolute Gasteiger partial charge is 0.365 e. The van der Waals surface area contributed by atoms with Gasteiger partial charge in [0.2, 0.25) is 5.91 Å². The Kier molecular flexibility index (Phi) is 5.78. The highest BCUT2D eigenvalue weighted by atomic mass is 32.1. The molecule has 0 saturated carbocycles. The van der Waals surface area contributed by atoms with E-state index in [4.69, 9.17) is 5.73 Å². The van der Waals surface area contributed by atoms with Crippen LogP contribution in [0.1, 0.15) is 52.7 Å². The first-order valence-electron chi connectivity index (χ1n) is 9.19. The number of carbonyl (C=O) groups is 2. The topological polar surface area (TPSA) is 133 Å². The first-order chi connectivity index (χ1) is 13.3. The number of nitro groups is 1. The SMILES string of the molecule is Cc1cc([N+](=O)[O-])nn1CCCC(=O)Nc1sc2c(c1C(N)=O)CC[C@H](C)C2. The molecule has 150 valence electrons. The fourth-order valence-electron chi connectivity index (χ4n) is 3.49. The van der Waals surface area contributed by atoms with Gasteiger partial charge in [0.15, 0.2) is 0 Å². The molecule has 0 saturated heterocycles. The number of fused-ring (bicyclic) bond motifs is 1. The quantitative estimate of drug-likeness (QED) is 0.540. The van der Waals surface area contributed by atoms with E-state index >= 15 is 0 Å². The Morgan fingerprint density at radius 3 is 2.89 bits per heavy atom. The molecule has 2 amide bonds. The Labute approximate surface area is 166 Å². The van der Waals surface area contributed by atoms with Crippen LogP contribution in [0.15, 0.2) is 6.07 Å². The lowest BCUT2D eigenvalue weighted by molar-refractivity contribution is -0.389. The number of thiophene rings is 1. The van der Waals surface area contributed by atoms with Gasteiger partial charge in [0.1, 0.15) is 5.00 Å². The highest BCUT2D eigenvalue weighted by molar-refractivity contribution is 7.17. The van der Waals surface area contributed by atoms with Gasteiger partial charge >= 0.3 is 5.82 Å². The van der Waals surface area contributed by atoms with Gasteiger partial charge in [0.05, 0.1) is 29.0 Å². The summed E-state index contributed by atoms with van der Waals surface area (Å²) in [5.74, 6) is -0.376. The molecule has 0 aliphatic heterocycles. The lowest BCUT2D eigenvalue weighted by atomic mass is 9.88. The zero-order valence-electron chi connectivity index (χ0n) is 15.9. The third-order valence-electron chi connectivity index (χ3n) is 4.94. The van der Waals surface area contributed by atoms with Gasteiger partial charge in [0, 0.05) is 11.3 Å². The monoisotopic (exact) mass is 405 g/mol. The number of aromatic nitrogens is 2. The summed E-state index contributed by atoms with van der Waals surface area (Å²) in [4.78, 5) is 35.6. The van der Waals surface area contributed by atoms with Gasteiger partial charge in [-0.15, -0.1) is 11.3 Å². The maximum absolute atomic E-state index is 12.4. The minimum atomic E-state index is -0.541. The summed E-state index contributed by atoms with van der Waals surface area (Å²) < 4.78 is 1.52. The summed E-state index contributed by atoms with van der Waals surface area (Å²) in [7, 11) is 0. The molecule has 10 heteroatoms. The van der Waals surface area contributed by atoms with E-state index in [1.54, 1.807) is 6.92 Å². The highest BCUT2D eigenvalue weighted by Gasteiger charge is 2.27. The van der Waals surface area contributed by atoms with E-state index in [0.29, 0.717) is 35.1 Å². The van der Waals surface area contributed by atoms with Gasteiger partial charge in [-0.3, -0.25) is 9.59 Å². The first-order valence-corrected chi connectivity index (χ1v) is 10.0. The van der Waals surface area contributed by atoms with Gasteiger partial charge in [-0.2, -0.15) is 4.68 Å². The minimum absolute atomic E-state index is 0.202. The van der Waals surface area contributed by atoms with Crippen LogP contribution in [-0.2, 0) is 24.2 Å². The van der Waals surface area contributed by atoms with Crippen LogP contribution in [0.2, 0.25) is 0 Å². The van der Waals surface area contributed by atoms with E-state index in [1.165, 1.54) is 22.1 Å². The van der Waals surface area contributed by atoms with Crippen molar-refractivity contribution < 1.29 is 14.5 Å². The molecule has 3 N–H and O–H groups in total. The zero-order valence-corrected chi connectivity index (χ0v) is 16.7.